The Hall–Kier alpha value is 1.22. The van der Waals surface area contributed by atoms with E-state index in [0.717, 1.165) is 0 Å². The summed E-state index contributed by atoms with van der Waals surface area (Å²) in [6, 6.07) is 0. The first-order valence-corrected chi connectivity index (χ1v) is 18.0. The van der Waals surface area contributed by atoms with Crippen LogP contribution in [0.25, 0.3) is 0 Å². The van der Waals surface area contributed by atoms with Crippen molar-refractivity contribution in [3.63, 3.8) is 0 Å². The number of rotatable bonds is 1. The molecule has 0 spiro atoms. The second-order valence-corrected chi connectivity index (χ2v) is 27.5. The Kier molecular flexibility index (Phi) is 2.85. The van der Waals surface area contributed by atoms with Crippen molar-refractivity contribution >= 4 is 25.7 Å². The molecule has 1 rings (SSSR count). The molecule has 0 amide bonds. The molecule has 0 saturated heterocycles. The van der Waals surface area contributed by atoms with Gasteiger partial charge in [0.1, 0.15) is 0 Å². The molecule has 0 fully saturated rings. The first kappa shape index (κ1) is 8.32. The molecule has 1 aliphatic rings. The molecule has 0 unspecified atom stereocenters. The zero-order valence-corrected chi connectivity index (χ0v) is 10.4. The van der Waals surface area contributed by atoms with Gasteiger partial charge in [-0.2, -0.15) is 0 Å². The first-order valence-electron chi connectivity index (χ1n) is 2.52. The summed E-state index contributed by atoms with van der Waals surface area (Å²) < 4.78 is 0.169. The summed E-state index contributed by atoms with van der Waals surface area (Å²) in [6.07, 6.45) is 7.75. The van der Waals surface area contributed by atoms with E-state index in [1.165, 1.54) is 0 Å². The van der Waals surface area contributed by atoms with Crippen LogP contribution in [0.2, 0.25) is 3.67 Å². The Morgan fingerprint density at radius 1 is 1.00 bits per heavy atom. The molecule has 0 aromatic rings. The number of halogens is 3. The minimum absolute atomic E-state index is 0.169. The van der Waals surface area contributed by atoms with Gasteiger partial charge in [-0.3, -0.25) is 0 Å². The van der Waals surface area contributed by atoms with E-state index in [2.05, 4.69) is 0 Å². The van der Waals surface area contributed by atoms with Crippen LogP contribution in [-0.4, -0.2) is 0 Å². The van der Waals surface area contributed by atoms with Gasteiger partial charge in [-0.15, -0.1) is 0 Å². The van der Waals surface area contributed by atoms with Crippen molar-refractivity contribution in [2.24, 2.45) is 0 Å². The standard InChI is InChI=1S/C5H5.3ClH.Hf/c1-2-4-5-3-1;;;;/h1-5H;3*1H;/q;;;;+3/p-3. The number of hydrogen-bond acceptors (Lipinski definition) is 0. The summed E-state index contributed by atoms with van der Waals surface area (Å²) in [4.78, 5) is 0. The predicted molar refractivity (Wildman–Crippen MR) is 39.6 cm³/mol. The van der Waals surface area contributed by atoms with Gasteiger partial charge in [0.15, 0.2) is 0 Å². The summed E-state index contributed by atoms with van der Waals surface area (Å²) in [5.74, 6) is 0. The van der Waals surface area contributed by atoms with Crippen molar-refractivity contribution in [2.45, 2.75) is 3.67 Å². The molecule has 0 aromatic carbocycles. The maximum absolute atomic E-state index is 5.79. The van der Waals surface area contributed by atoms with Gasteiger partial charge in [0.2, 0.25) is 0 Å². The van der Waals surface area contributed by atoms with E-state index in [9.17, 15) is 0 Å². The molecule has 0 N–H and O–H groups in total. The van der Waals surface area contributed by atoms with Gasteiger partial charge >= 0.3 is 70.1 Å². The topological polar surface area (TPSA) is 0 Å². The second kappa shape index (κ2) is 3.08. The van der Waals surface area contributed by atoms with E-state index in [-0.39, 0.29) is 3.67 Å². The Morgan fingerprint density at radius 3 is 1.67 bits per heavy atom. The molecule has 0 aliphatic heterocycles. The molecule has 0 nitrogen and oxygen atoms in total. The molecule has 50 valence electrons. The third-order valence-electron chi connectivity index (χ3n) is 1.13. The van der Waals surface area contributed by atoms with Crippen LogP contribution in [0, 0.1) is 0 Å². The van der Waals surface area contributed by atoms with Crippen molar-refractivity contribution < 1.29 is 16.4 Å². The van der Waals surface area contributed by atoms with Gasteiger partial charge in [-0.25, -0.2) is 0 Å². The SMILES string of the molecule is [Cl][Hf]([Cl])([Cl])[CH]1C=CC=C1. The van der Waals surface area contributed by atoms with E-state index in [4.69, 9.17) is 25.7 Å². The van der Waals surface area contributed by atoms with Crippen LogP contribution in [0.4, 0.5) is 0 Å². The maximum atomic E-state index is 5.79. The van der Waals surface area contributed by atoms with Crippen LogP contribution in [0.1, 0.15) is 0 Å². The van der Waals surface area contributed by atoms with Crippen molar-refractivity contribution in [1.82, 2.24) is 0 Å². The van der Waals surface area contributed by atoms with Crippen molar-refractivity contribution in [3.8, 4) is 0 Å². The summed E-state index contributed by atoms with van der Waals surface area (Å²) >= 11 is -3.26. The van der Waals surface area contributed by atoms with E-state index >= 15 is 0 Å². The average Bonchev–Trinajstić information content (AvgIpc) is 2.08. The molecular weight excluding hydrogens is 345 g/mol. The van der Waals surface area contributed by atoms with Gasteiger partial charge < -0.3 is 0 Å². The molecule has 0 saturated carbocycles. The van der Waals surface area contributed by atoms with Crippen LogP contribution >= 0.6 is 25.7 Å². The normalized spacial score (nSPS) is 19.4. The van der Waals surface area contributed by atoms with Gasteiger partial charge in [0.05, 0.1) is 0 Å². The minimum atomic E-state index is -3.26. The first-order chi connectivity index (χ1) is 4.11. The van der Waals surface area contributed by atoms with Crippen LogP contribution in [0.3, 0.4) is 0 Å². The number of allylic oxidation sites excluding steroid dienone is 4. The third kappa shape index (κ3) is 2.38. The van der Waals surface area contributed by atoms with Crippen LogP contribution < -0.4 is 0 Å². The van der Waals surface area contributed by atoms with Crippen molar-refractivity contribution in [3.05, 3.63) is 24.3 Å². The molecular formula is C5H5Cl3Hf. The van der Waals surface area contributed by atoms with Crippen molar-refractivity contribution in [2.75, 3.05) is 0 Å². The quantitative estimate of drug-likeness (QED) is 0.635. The molecule has 0 aromatic heterocycles. The van der Waals surface area contributed by atoms with Crippen LogP contribution in [0.15, 0.2) is 24.3 Å². The average molecular weight is 350 g/mol. The van der Waals surface area contributed by atoms with E-state index < -0.39 is 16.4 Å². The third-order valence-corrected chi connectivity index (χ3v) is 11.4. The van der Waals surface area contributed by atoms with E-state index in [1.54, 1.807) is 0 Å². The predicted octanol–water partition coefficient (Wildman–Crippen LogP) is 3.52. The molecule has 4 heteroatoms. The molecule has 0 atom stereocenters. The van der Waals surface area contributed by atoms with Crippen molar-refractivity contribution in [1.29, 1.82) is 0 Å². The second-order valence-electron chi connectivity index (χ2n) is 1.84. The van der Waals surface area contributed by atoms with Gasteiger partial charge in [-0.1, -0.05) is 0 Å². The molecule has 9 heavy (non-hydrogen) atoms. The van der Waals surface area contributed by atoms with Gasteiger partial charge in [-0.05, 0) is 0 Å². The Balaban J connectivity index is 2.64. The fourth-order valence-corrected chi connectivity index (χ4v) is 6.59. The van der Waals surface area contributed by atoms with Crippen LogP contribution in [0.5, 0.6) is 0 Å². The Morgan fingerprint density at radius 2 is 1.44 bits per heavy atom. The fourth-order valence-electron chi connectivity index (χ4n) is 0.650. The summed E-state index contributed by atoms with van der Waals surface area (Å²) in [6.45, 7) is 0. The Bertz CT molecular complexity index is 144. The molecule has 0 radical (unpaired) electrons. The Labute approximate surface area is 69.5 Å². The number of hydrogen-bond donors (Lipinski definition) is 0. The summed E-state index contributed by atoms with van der Waals surface area (Å²) in [5, 5.41) is 0. The fraction of sp³-hybridized carbons (Fsp3) is 0.200. The van der Waals surface area contributed by atoms with Crippen LogP contribution in [-0.2, 0) is 16.4 Å². The zero-order chi connectivity index (χ0) is 6.91. The summed E-state index contributed by atoms with van der Waals surface area (Å²) in [5.41, 5.74) is 0. The summed E-state index contributed by atoms with van der Waals surface area (Å²) in [7, 11) is 17.4. The zero-order valence-electron chi connectivity index (χ0n) is 4.52. The monoisotopic (exact) mass is 350 g/mol. The molecule has 0 bridgehead atoms. The van der Waals surface area contributed by atoms with E-state index in [1.807, 2.05) is 24.3 Å². The van der Waals surface area contributed by atoms with Gasteiger partial charge in [0.25, 0.3) is 0 Å². The molecule has 0 heterocycles. The molecule has 1 aliphatic carbocycles. The van der Waals surface area contributed by atoms with E-state index in [0.29, 0.717) is 0 Å². The van der Waals surface area contributed by atoms with Gasteiger partial charge in [0, 0.05) is 0 Å².